The maximum absolute atomic E-state index is 12.7. The maximum atomic E-state index is 12.7. The quantitative estimate of drug-likeness (QED) is 0.452. The molecule has 1 aromatic carbocycles. The second kappa shape index (κ2) is 8.13. The van der Waals surface area contributed by atoms with Gasteiger partial charge in [-0.25, -0.2) is 4.98 Å². The summed E-state index contributed by atoms with van der Waals surface area (Å²) in [5.41, 5.74) is 0.513. The van der Waals surface area contributed by atoms with Crippen LogP contribution in [0.25, 0.3) is 10.9 Å². The van der Waals surface area contributed by atoms with Gasteiger partial charge in [-0.2, -0.15) is 13.2 Å². The number of hydrogen-bond acceptors (Lipinski definition) is 5. The van der Waals surface area contributed by atoms with Gasteiger partial charge in [-0.05, 0) is 32.0 Å². The van der Waals surface area contributed by atoms with Gasteiger partial charge in [0.2, 0.25) is 5.78 Å². The molecule has 0 aliphatic rings. The Balaban J connectivity index is 1.67. The van der Waals surface area contributed by atoms with E-state index in [1.54, 1.807) is 24.3 Å². The predicted octanol–water partition coefficient (Wildman–Crippen LogP) is 2.80. The van der Waals surface area contributed by atoms with Crippen molar-refractivity contribution in [3.63, 3.8) is 0 Å². The van der Waals surface area contributed by atoms with Gasteiger partial charge in [0.1, 0.15) is 13.1 Å². The molecule has 0 bridgehead atoms. The van der Waals surface area contributed by atoms with Crippen molar-refractivity contribution in [3.8, 4) is 0 Å². The minimum absolute atomic E-state index is 0.0501. The van der Waals surface area contributed by atoms with E-state index in [1.807, 2.05) is 0 Å². The van der Waals surface area contributed by atoms with Crippen molar-refractivity contribution in [2.75, 3.05) is 6.61 Å². The van der Waals surface area contributed by atoms with E-state index in [2.05, 4.69) is 4.98 Å². The molecule has 0 unspecified atom stereocenters. The smallest absolute Gasteiger partial charge is 0.406 e. The molecule has 0 fully saturated rings. The summed E-state index contributed by atoms with van der Waals surface area (Å²) < 4.78 is 45.1. The summed E-state index contributed by atoms with van der Waals surface area (Å²) in [4.78, 5) is 40.9. The fourth-order valence-corrected chi connectivity index (χ4v) is 3.13. The Labute approximate surface area is 168 Å². The van der Waals surface area contributed by atoms with Gasteiger partial charge in [-0.1, -0.05) is 12.1 Å². The Kier molecular flexibility index (Phi) is 5.77. The molecule has 0 atom stereocenters. The van der Waals surface area contributed by atoms with Crippen molar-refractivity contribution in [3.05, 3.63) is 64.0 Å². The predicted molar refractivity (Wildman–Crippen MR) is 101 cm³/mol. The van der Waals surface area contributed by atoms with Crippen LogP contribution in [-0.4, -0.2) is 38.7 Å². The van der Waals surface area contributed by atoms with Crippen molar-refractivity contribution < 1.29 is 27.5 Å². The van der Waals surface area contributed by atoms with Crippen LogP contribution in [0, 0.1) is 13.8 Å². The van der Waals surface area contributed by atoms with Crippen LogP contribution in [0.15, 0.2) is 41.5 Å². The van der Waals surface area contributed by atoms with Crippen LogP contribution in [0.4, 0.5) is 13.2 Å². The number of alkyl halides is 3. The van der Waals surface area contributed by atoms with Crippen LogP contribution in [0.3, 0.4) is 0 Å². The molecule has 158 valence electrons. The molecule has 3 rings (SSSR count). The van der Waals surface area contributed by atoms with E-state index in [-0.39, 0.29) is 17.0 Å². The summed E-state index contributed by atoms with van der Waals surface area (Å²) in [6.45, 7) is 0.548. The number of carbonyl (C=O) groups is 2. The van der Waals surface area contributed by atoms with Crippen molar-refractivity contribution in [2.45, 2.75) is 33.1 Å². The molecule has 0 N–H and O–H groups in total. The number of hydrogen-bond donors (Lipinski definition) is 0. The molecular weight excluding hydrogens is 403 g/mol. The summed E-state index contributed by atoms with van der Waals surface area (Å²) >= 11 is 0. The van der Waals surface area contributed by atoms with E-state index in [0.717, 1.165) is 9.13 Å². The zero-order chi connectivity index (χ0) is 22.1. The van der Waals surface area contributed by atoms with E-state index in [1.165, 1.54) is 26.2 Å². The van der Waals surface area contributed by atoms with Crippen molar-refractivity contribution >= 4 is 22.7 Å². The maximum Gasteiger partial charge on any atom is 0.406 e. The van der Waals surface area contributed by atoms with Gasteiger partial charge in [-0.15, -0.1) is 0 Å². The molecule has 7 nitrogen and oxygen atoms in total. The Bertz CT molecular complexity index is 1180. The van der Waals surface area contributed by atoms with Crippen LogP contribution in [0.2, 0.25) is 0 Å². The number of benzene rings is 1. The summed E-state index contributed by atoms with van der Waals surface area (Å²) in [7, 11) is 0. The fraction of sp³-hybridized carbons (Fsp3) is 0.300. The minimum atomic E-state index is -4.43. The zero-order valence-electron chi connectivity index (χ0n) is 16.2. The summed E-state index contributed by atoms with van der Waals surface area (Å²) in [5.74, 6) is -1.47. The lowest BCUT2D eigenvalue weighted by Crippen LogP contribution is -2.27. The van der Waals surface area contributed by atoms with E-state index in [9.17, 15) is 27.6 Å². The van der Waals surface area contributed by atoms with Gasteiger partial charge < -0.3 is 9.30 Å². The number of para-hydroxylation sites is 1. The average Bonchev–Trinajstić information content (AvgIpc) is 2.95. The van der Waals surface area contributed by atoms with Crippen molar-refractivity contribution in [1.82, 2.24) is 14.1 Å². The molecule has 0 radical (unpaired) electrons. The van der Waals surface area contributed by atoms with Crippen LogP contribution in [0.1, 0.15) is 21.7 Å². The van der Waals surface area contributed by atoms with E-state index in [4.69, 9.17) is 4.74 Å². The van der Waals surface area contributed by atoms with E-state index >= 15 is 0 Å². The van der Waals surface area contributed by atoms with Crippen molar-refractivity contribution in [2.24, 2.45) is 0 Å². The molecule has 0 aliphatic heterocycles. The average molecular weight is 421 g/mol. The van der Waals surface area contributed by atoms with Crippen LogP contribution in [0.5, 0.6) is 0 Å². The lowest BCUT2D eigenvalue weighted by molar-refractivity contribution is -0.143. The van der Waals surface area contributed by atoms with Crippen LogP contribution in [-0.2, 0) is 22.6 Å². The summed E-state index contributed by atoms with van der Waals surface area (Å²) in [6.07, 6.45) is -3.22. The Morgan fingerprint density at radius 2 is 1.87 bits per heavy atom. The van der Waals surface area contributed by atoms with Crippen LogP contribution >= 0.6 is 0 Å². The number of esters is 1. The summed E-state index contributed by atoms with van der Waals surface area (Å²) in [6, 6.07) is 7.96. The standard InChI is InChI=1S/C20H18F3N3O4/c1-12-7-15(13(2)26(12)10-20(21,22)23)17(27)9-30-18(28)8-25-11-24-16-6-4-3-5-14(16)19(25)29/h3-7,11H,8-10H2,1-2H3. The first-order chi connectivity index (χ1) is 14.1. The van der Waals surface area contributed by atoms with Crippen molar-refractivity contribution in [1.29, 1.82) is 0 Å². The molecule has 0 spiro atoms. The van der Waals surface area contributed by atoms with Gasteiger partial charge >= 0.3 is 12.1 Å². The Hall–Kier alpha value is -3.43. The second-order valence-corrected chi connectivity index (χ2v) is 6.76. The first kappa shape index (κ1) is 21.3. The Morgan fingerprint density at radius 3 is 2.57 bits per heavy atom. The largest absolute Gasteiger partial charge is 0.456 e. The number of carbonyl (C=O) groups excluding carboxylic acids is 2. The van der Waals surface area contributed by atoms with Gasteiger partial charge in [0.15, 0.2) is 6.61 Å². The summed E-state index contributed by atoms with van der Waals surface area (Å²) in [5, 5.41) is 0.334. The fourth-order valence-electron chi connectivity index (χ4n) is 3.13. The molecule has 0 saturated carbocycles. The molecule has 0 saturated heterocycles. The first-order valence-electron chi connectivity index (χ1n) is 8.93. The third-order valence-corrected chi connectivity index (χ3v) is 4.61. The molecular formula is C20H18F3N3O4. The molecule has 0 aliphatic carbocycles. The number of aryl methyl sites for hydroxylation is 1. The SMILES string of the molecule is Cc1cc(C(=O)COC(=O)Cn2cnc3ccccc3c2=O)c(C)n1CC(F)(F)F. The molecule has 0 amide bonds. The monoisotopic (exact) mass is 421 g/mol. The zero-order valence-corrected chi connectivity index (χ0v) is 16.2. The number of ether oxygens (including phenoxy) is 1. The van der Waals surface area contributed by atoms with Gasteiger partial charge in [0.05, 0.1) is 17.2 Å². The molecule has 2 heterocycles. The molecule has 10 heteroatoms. The lowest BCUT2D eigenvalue weighted by Gasteiger charge is -2.12. The van der Waals surface area contributed by atoms with Gasteiger partial charge in [0, 0.05) is 17.0 Å². The number of nitrogens with zero attached hydrogens (tertiary/aromatic N) is 3. The number of halogens is 3. The number of ketones is 1. The topological polar surface area (TPSA) is 83.2 Å². The second-order valence-electron chi connectivity index (χ2n) is 6.76. The number of fused-ring (bicyclic) bond motifs is 1. The third kappa shape index (κ3) is 4.58. The molecule has 3 aromatic rings. The molecule has 30 heavy (non-hydrogen) atoms. The lowest BCUT2D eigenvalue weighted by atomic mass is 10.1. The van der Waals surface area contributed by atoms with E-state index < -0.39 is 43.2 Å². The highest BCUT2D eigenvalue weighted by Crippen LogP contribution is 2.23. The highest BCUT2D eigenvalue weighted by atomic mass is 19.4. The normalized spacial score (nSPS) is 11.6. The highest BCUT2D eigenvalue weighted by molar-refractivity contribution is 5.99. The number of rotatable bonds is 6. The first-order valence-corrected chi connectivity index (χ1v) is 8.93. The van der Waals surface area contributed by atoms with Crippen LogP contribution < -0.4 is 5.56 Å². The highest BCUT2D eigenvalue weighted by Gasteiger charge is 2.30. The van der Waals surface area contributed by atoms with Gasteiger partial charge in [0.25, 0.3) is 5.56 Å². The molecule has 2 aromatic heterocycles. The number of Topliss-reactive ketones (excluding diaryl/α,β-unsaturated/α-hetero) is 1. The number of aromatic nitrogens is 3. The van der Waals surface area contributed by atoms with Gasteiger partial charge in [-0.3, -0.25) is 19.0 Å². The third-order valence-electron chi connectivity index (χ3n) is 4.61. The van der Waals surface area contributed by atoms with E-state index in [0.29, 0.717) is 10.9 Å². The Morgan fingerprint density at radius 1 is 1.17 bits per heavy atom. The minimum Gasteiger partial charge on any atom is -0.456 e.